The third-order valence-electron chi connectivity index (χ3n) is 3.48. The van der Waals surface area contributed by atoms with Gasteiger partial charge in [-0.3, -0.25) is 4.79 Å². The van der Waals surface area contributed by atoms with Crippen LogP contribution in [0.1, 0.15) is 40.0 Å². The van der Waals surface area contributed by atoms with Crippen LogP contribution in [0.25, 0.3) is 0 Å². The Morgan fingerprint density at radius 3 is 2.78 bits per heavy atom. The Kier molecular flexibility index (Phi) is 5.61. The highest BCUT2D eigenvalue weighted by molar-refractivity contribution is 5.82. The van der Waals surface area contributed by atoms with Gasteiger partial charge in [0.15, 0.2) is 0 Å². The molecule has 0 spiro atoms. The molecule has 0 bridgehead atoms. The zero-order valence-electron chi connectivity index (χ0n) is 11.8. The van der Waals surface area contributed by atoms with Crippen molar-refractivity contribution in [2.24, 2.45) is 11.3 Å². The minimum atomic E-state index is -0.289. The number of carbonyl (C=O) groups excluding carboxylic acids is 1. The largest absolute Gasteiger partial charge is 0.341 e. The lowest BCUT2D eigenvalue weighted by molar-refractivity contribution is -0.142. The van der Waals surface area contributed by atoms with Crippen molar-refractivity contribution in [2.45, 2.75) is 40.0 Å². The van der Waals surface area contributed by atoms with Gasteiger partial charge in [0.05, 0.1) is 17.9 Å². The molecule has 4 nitrogen and oxygen atoms in total. The van der Waals surface area contributed by atoms with E-state index >= 15 is 0 Å². The van der Waals surface area contributed by atoms with E-state index < -0.39 is 0 Å². The molecule has 0 aromatic carbocycles. The minimum Gasteiger partial charge on any atom is -0.341 e. The summed E-state index contributed by atoms with van der Waals surface area (Å²) in [6, 6.07) is 2.13. The molecule has 1 heterocycles. The Bertz CT molecular complexity index is 313. The summed E-state index contributed by atoms with van der Waals surface area (Å²) >= 11 is 0. The highest BCUT2D eigenvalue weighted by Crippen LogP contribution is 2.28. The number of nitrogens with one attached hydrogen (secondary N) is 1. The lowest BCUT2D eigenvalue weighted by Gasteiger charge is -2.38. The Labute approximate surface area is 110 Å². The van der Waals surface area contributed by atoms with E-state index in [2.05, 4.69) is 25.2 Å². The van der Waals surface area contributed by atoms with Crippen molar-refractivity contribution in [1.82, 2.24) is 10.2 Å². The number of piperidine rings is 1. The summed E-state index contributed by atoms with van der Waals surface area (Å²) in [6.45, 7) is 9.32. The van der Waals surface area contributed by atoms with E-state index in [0.29, 0.717) is 18.9 Å². The van der Waals surface area contributed by atoms with Crippen LogP contribution in [0.2, 0.25) is 0 Å². The summed E-state index contributed by atoms with van der Waals surface area (Å²) in [4.78, 5) is 14.5. The average Bonchev–Trinajstić information content (AvgIpc) is 2.34. The molecule has 1 aliphatic heterocycles. The Balaban J connectivity index is 2.70. The molecule has 0 aromatic rings. The standard InChI is InChI=1S/C14H25N3O/c1-12(2)10-17(9-5-7-15)13(18)14(3)6-4-8-16-11-14/h12,16H,4-6,8-11H2,1-3H3. The zero-order valence-corrected chi connectivity index (χ0v) is 11.8. The van der Waals surface area contributed by atoms with Gasteiger partial charge in [-0.05, 0) is 32.2 Å². The highest BCUT2D eigenvalue weighted by atomic mass is 16.2. The van der Waals surface area contributed by atoms with Crippen LogP contribution in [0.3, 0.4) is 0 Å². The summed E-state index contributed by atoms with van der Waals surface area (Å²) in [5, 5.41) is 12.0. The van der Waals surface area contributed by atoms with Gasteiger partial charge < -0.3 is 10.2 Å². The maximum atomic E-state index is 12.6. The molecular weight excluding hydrogens is 226 g/mol. The zero-order chi connectivity index (χ0) is 13.6. The molecule has 0 aliphatic carbocycles. The monoisotopic (exact) mass is 251 g/mol. The molecule has 1 unspecified atom stereocenters. The normalized spacial score (nSPS) is 23.7. The number of hydrogen-bond donors (Lipinski definition) is 1. The van der Waals surface area contributed by atoms with E-state index in [1.807, 2.05) is 11.8 Å². The van der Waals surface area contributed by atoms with Crippen molar-refractivity contribution in [3.63, 3.8) is 0 Å². The lowest BCUT2D eigenvalue weighted by atomic mass is 9.81. The maximum Gasteiger partial charge on any atom is 0.229 e. The molecule has 1 atom stereocenters. The second kappa shape index (κ2) is 6.75. The van der Waals surface area contributed by atoms with Crippen LogP contribution >= 0.6 is 0 Å². The van der Waals surface area contributed by atoms with Crippen LogP contribution in [-0.2, 0) is 4.79 Å². The third-order valence-corrected chi connectivity index (χ3v) is 3.48. The maximum absolute atomic E-state index is 12.6. The fraction of sp³-hybridized carbons (Fsp3) is 0.857. The van der Waals surface area contributed by atoms with E-state index in [-0.39, 0.29) is 11.3 Å². The van der Waals surface area contributed by atoms with Crippen molar-refractivity contribution in [1.29, 1.82) is 5.26 Å². The number of hydrogen-bond acceptors (Lipinski definition) is 3. The quantitative estimate of drug-likeness (QED) is 0.810. The third kappa shape index (κ3) is 3.99. The number of carbonyl (C=O) groups is 1. The van der Waals surface area contributed by atoms with Gasteiger partial charge >= 0.3 is 0 Å². The van der Waals surface area contributed by atoms with Gasteiger partial charge in [-0.1, -0.05) is 13.8 Å². The van der Waals surface area contributed by atoms with Gasteiger partial charge in [-0.25, -0.2) is 0 Å². The fourth-order valence-corrected chi connectivity index (χ4v) is 2.52. The summed E-state index contributed by atoms with van der Waals surface area (Å²) in [7, 11) is 0. The average molecular weight is 251 g/mol. The van der Waals surface area contributed by atoms with Crippen LogP contribution in [0.4, 0.5) is 0 Å². The van der Waals surface area contributed by atoms with E-state index in [1.165, 1.54) is 0 Å². The summed E-state index contributed by atoms with van der Waals surface area (Å²) in [6.07, 6.45) is 2.41. The lowest BCUT2D eigenvalue weighted by Crippen LogP contribution is -2.51. The second-order valence-corrected chi connectivity index (χ2v) is 5.89. The molecule has 1 aliphatic rings. The smallest absolute Gasteiger partial charge is 0.229 e. The van der Waals surface area contributed by atoms with Gasteiger partial charge in [-0.2, -0.15) is 5.26 Å². The molecule has 102 valence electrons. The summed E-state index contributed by atoms with van der Waals surface area (Å²) in [5.74, 6) is 0.645. The molecule has 1 amide bonds. The SMILES string of the molecule is CC(C)CN(CCC#N)C(=O)C1(C)CCCNC1. The van der Waals surface area contributed by atoms with Crippen molar-refractivity contribution in [3.05, 3.63) is 0 Å². The molecular formula is C14H25N3O. The van der Waals surface area contributed by atoms with Crippen LogP contribution in [0.5, 0.6) is 0 Å². The Hall–Kier alpha value is -1.08. The first-order valence-corrected chi connectivity index (χ1v) is 6.86. The first kappa shape index (κ1) is 15.0. The molecule has 1 fully saturated rings. The van der Waals surface area contributed by atoms with E-state index in [1.54, 1.807) is 0 Å². The summed E-state index contributed by atoms with van der Waals surface area (Å²) in [5.41, 5.74) is -0.289. The van der Waals surface area contributed by atoms with Crippen molar-refractivity contribution in [2.75, 3.05) is 26.2 Å². The highest BCUT2D eigenvalue weighted by Gasteiger charge is 2.37. The van der Waals surface area contributed by atoms with E-state index in [0.717, 1.165) is 32.5 Å². The second-order valence-electron chi connectivity index (χ2n) is 5.89. The predicted octanol–water partition coefficient (Wildman–Crippen LogP) is 1.77. The predicted molar refractivity (Wildman–Crippen MR) is 71.9 cm³/mol. The van der Waals surface area contributed by atoms with Crippen molar-refractivity contribution < 1.29 is 4.79 Å². The van der Waals surface area contributed by atoms with Crippen LogP contribution in [0, 0.1) is 22.7 Å². The molecule has 0 aromatic heterocycles. The molecule has 4 heteroatoms. The van der Waals surface area contributed by atoms with E-state index in [9.17, 15) is 4.79 Å². The molecule has 0 saturated carbocycles. The molecule has 1 rings (SSSR count). The molecule has 18 heavy (non-hydrogen) atoms. The number of nitriles is 1. The fourth-order valence-electron chi connectivity index (χ4n) is 2.52. The number of amides is 1. The molecule has 1 N–H and O–H groups in total. The first-order valence-electron chi connectivity index (χ1n) is 6.86. The van der Waals surface area contributed by atoms with Gasteiger partial charge in [-0.15, -0.1) is 0 Å². The summed E-state index contributed by atoms with van der Waals surface area (Å²) < 4.78 is 0. The van der Waals surface area contributed by atoms with E-state index in [4.69, 9.17) is 5.26 Å². The van der Waals surface area contributed by atoms with Crippen LogP contribution in [0.15, 0.2) is 0 Å². The number of rotatable bonds is 5. The van der Waals surface area contributed by atoms with Crippen molar-refractivity contribution in [3.8, 4) is 6.07 Å². The Morgan fingerprint density at radius 1 is 1.56 bits per heavy atom. The topological polar surface area (TPSA) is 56.1 Å². The Morgan fingerprint density at radius 2 is 2.28 bits per heavy atom. The van der Waals surface area contributed by atoms with Gasteiger partial charge in [0, 0.05) is 19.6 Å². The van der Waals surface area contributed by atoms with Gasteiger partial charge in [0.25, 0.3) is 0 Å². The van der Waals surface area contributed by atoms with Crippen molar-refractivity contribution >= 4 is 5.91 Å². The van der Waals surface area contributed by atoms with Gasteiger partial charge in [0.1, 0.15) is 0 Å². The van der Waals surface area contributed by atoms with Gasteiger partial charge in [0.2, 0.25) is 5.91 Å². The molecule has 0 radical (unpaired) electrons. The number of nitrogens with zero attached hydrogens (tertiary/aromatic N) is 2. The van der Waals surface area contributed by atoms with Crippen LogP contribution in [-0.4, -0.2) is 37.0 Å². The first-order chi connectivity index (χ1) is 8.49. The molecule has 1 saturated heterocycles. The minimum absolute atomic E-state index is 0.207. The van der Waals surface area contributed by atoms with Crippen LogP contribution < -0.4 is 5.32 Å².